The van der Waals surface area contributed by atoms with Gasteiger partial charge in [-0.3, -0.25) is 0 Å². The molecule has 2 rings (SSSR count). The lowest BCUT2D eigenvalue weighted by atomic mass is 10.3. The van der Waals surface area contributed by atoms with E-state index in [0.717, 1.165) is 8.66 Å². The topological polar surface area (TPSA) is 49.9 Å². The van der Waals surface area contributed by atoms with Crippen LogP contribution in [0.4, 0.5) is 0 Å². The van der Waals surface area contributed by atoms with Crippen LogP contribution in [0, 0.1) is 0 Å². The first-order chi connectivity index (χ1) is 9.29. The second kappa shape index (κ2) is 6.41. The van der Waals surface area contributed by atoms with Crippen LogP contribution in [0.25, 0.3) is 0 Å². The quantitative estimate of drug-likeness (QED) is 0.802. The van der Waals surface area contributed by atoms with Gasteiger partial charge < -0.3 is 4.74 Å². The van der Waals surface area contributed by atoms with Crippen molar-refractivity contribution < 1.29 is 13.2 Å². The van der Waals surface area contributed by atoms with Crippen LogP contribution in [0.2, 0.25) is 0 Å². The van der Waals surface area contributed by atoms with E-state index in [2.05, 4.69) is 15.9 Å². The van der Waals surface area contributed by atoms with E-state index in [4.69, 9.17) is 4.74 Å². The number of hydrogen-bond donors (Lipinski definition) is 0. The second-order valence-corrected chi connectivity index (χ2v) is 9.63. The first-order valence-electron chi connectivity index (χ1n) is 6.40. The Balaban J connectivity index is 2.08. The van der Waals surface area contributed by atoms with Gasteiger partial charge in [0.05, 0.1) is 16.0 Å². The summed E-state index contributed by atoms with van der Waals surface area (Å²) in [6, 6.07) is 3.87. The Labute approximate surface area is 132 Å². The molecule has 1 aromatic heterocycles. The van der Waals surface area contributed by atoms with Gasteiger partial charge in [0, 0.05) is 31.6 Å². The van der Waals surface area contributed by atoms with Crippen molar-refractivity contribution in [1.82, 2.24) is 8.61 Å². The number of ether oxygens (including phenoxy) is 1. The van der Waals surface area contributed by atoms with E-state index in [0.29, 0.717) is 19.6 Å². The van der Waals surface area contributed by atoms with Crippen molar-refractivity contribution in [3.05, 3.63) is 20.8 Å². The molecule has 1 aliphatic heterocycles. The van der Waals surface area contributed by atoms with Gasteiger partial charge in [-0.1, -0.05) is 0 Å². The van der Waals surface area contributed by atoms with E-state index in [1.807, 2.05) is 26.0 Å². The summed E-state index contributed by atoms with van der Waals surface area (Å²) in [5.74, 6) is 0. The standard InChI is InChI=1S/C12H19BrN2O3S2/c1-9-6-15(7-10(2)18-9)20(16,17)14(3)8-11-4-5-12(13)19-11/h4-5,9-10H,6-8H2,1-3H3. The van der Waals surface area contributed by atoms with E-state index >= 15 is 0 Å². The molecular formula is C12H19BrN2O3S2. The van der Waals surface area contributed by atoms with Gasteiger partial charge in [-0.2, -0.15) is 17.0 Å². The molecule has 0 spiro atoms. The molecule has 8 heteroatoms. The van der Waals surface area contributed by atoms with Gasteiger partial charge in [0.25, 0.3) is 10.2 Å². The van der Waals surface area contributed by atoms with Crippen LogP contribution in [-0.2, 0) is 21.5 Å². The second-order valence-electron chi connectivity index (χ2n) is 5.04. The molecule has 0 aliphatic carbocycles. The molecule has 0 aromatic carbocycles. The molecule has 0 saturated carbocycles. The van der Waals surface area contributed by atoms with Crippen LogP contribution in [0.5, 0.6) is 0 Å². The van der Waals surface area contributed by atoms with E-state index < -0.39 is 10.2 Å². The summed E-state index contributed by atoms with van der Waals surface area (Å²) < 4.78 is 34.7. The van der Waals surface area contributed by atoms with Gasteiger partial charge in [0.1, 0.15) is 0 Å². The Kier molecular flexibility index (Phi) is 5.25. The Morgan fingerprint density at radius 1 is 1.40 bits per heavy atom. The lowest BCUT2D eigenvalue weighted by Crippen LogP contribution is -2.52. The van der Waals surface area contributed by atoms with Crippen molar-refractivity contribution in [2.24, 2.45) is 0 Å². The summed E-state index contributed by atoms with van der Waals surface area (Å²) in [5.41, 5.74) is 0. The zero-order valence-electron chi connectivity index (χ0n) is 11.7. The first kappa shape index (κ1) is 16.4. The van der Waals surface area contributed by atoms with Crippen molar-refractivity contribution in [3.63, 3.8) is 0 Å². The predicted molar refractivity (Wildman–Crippen MR) is 84.0 cm³/mol. The van der Waals surface area contributed by atoms with Crippen molar-refractivity contribution in [2.45, 2.75) is 32.6 Å². The fraction of sp³-hybridized carbons (Fsp3) is 0.667. The molecule has 0 N–H and O–H groups in total. The zero-order valence-corrected chi connectivity index (χ0v) is 15.0. The smallest absolute Gasteiger partial charge is 0.282 e. The van der Waals surface area contributed by atoms with Gasteiger partial charge in [-0.25, -0.2) is 0 Å². The third-order valence-electron chi connectivity index (χ3n) is 3.11. The van der Waals surface area contributed by atoms with E-state index in [9.17, 15) is 8.42 Å². The highest BCUT2D eigenvalue weighted by atomic mass is 79.9. The molecule has 0 bridgehead atoms. The lowest BCUT2D eigenvalue weighted by Gasteiger charge is -2.36. The normalized spacial score (nSPS) is 25.2. The van der Waals surface area contributed by atoms with Crippen molar-refractivity contribution in [3.8, 4) is 0 Å². The number of nitrogens with zero attached hydrogens (tertiary/aromatic N) is 2. The molecule has 1 saturated heterocycles. The monoisotopic (exact) mass is 382 g/mol. The first-order valence-corrected chi connectivity index (χ1v) is 9.40. The molecule has 5 nitrogen and oxygen atoms in total. The van der Waals surface area contributed by atoms with Gasteiger partial charge in [-0.05, 0) is 41.9 Å². The summed E-state index contributed by atoms with van der Waals surface area (Å²) in [4.78, 5) is 1.01. The highest BCUT2D eigenvalue weighted by Gasteiger charge is 2.33. The van der Waals surface area contributed by atoms with Gasteiger partial charge in [0.2, 0.25) is 0 Å². The minimum Gasteiger partial charge on any atom is -0.373 e. The summed E-state index contributed by atoms with van der Waals surface area (Å²) in [7, 11) is -1.82. The Hall–Kier alpha value is 0.01000. The lowest BCUT2D eigenvalue weighted by molar-refractivity contribution is -0.0453. The van der Waals surface area contributed by atoms with Crippen LogP contribution < -0.4 is 0 Å². The largest absolute Gasteiger partial charge is 0.373 e. The minimum atomic E-state index is -3.44. The zero-order chi connectivity index (χ0) is 14.9. The number of hydrogen-bond acceptors (Lipinski definition) is 4. The molecule has 20 heavy (non-hydrogen) atoms. The average molecular weight is 383 g/mol. The van der Waals surface area contributed by atoms with Crippen LogP contribution in [0.3, 0.4) is 0 Å². The highest BCUT2D eigenvalue weighted by molar-refractivity contribution is 9.11. The molecule has 1 aliphatic rings. The van der Waals surface area contributed by atoms with E-state index in [-0.39, 0.29) is 12.2 Å². The Bertz CT molecular complexity index is 551. The third-order valence-corrected chi connectivity index (χ3v) is 6.59. The highest BCUT2D eigenvalue weighted by Crippen LogP contribution is 2.25. The van der Waals surface area contributed by atoms with Crippen LogP contribution >= 0.6 is 27.3 Å². The maximum atomic E-state index is 12.6. The SMILES string of the molecule is CC1CN(S(=O)(=O)N(C)Cc2ccc(Br)s2)CC(C)O1. The summed E-state index contributed by atoms with van der Waals surface area (Å²) in [6.07, 6.45) is -0.143. The third kappa shape index (κ3) is 3.80. The van der Waals surface area contributed by atoms with Crippen LogP contribution in [0.1, 0.15) is 18.7 Å². The van der Waals surface area contributed by atoms with Crippen molar-refractivity contribution in [1.29, 1.82) is 0 Å². The average Bonchev–Trinajstić information content (AvgIpc) is 2.73. The number of thiophene rings is 1. The fourth-order valence-electron chi connectivity index (χ4n) is 2.25. The molecule has 1 fully saturated rings. The van der Waals surface area contributed by atoms with Crippen LogP contribution in [-0.4, -0.2) is 49.4 Å². The predicted octanol–water partition coefficient (Wildman–Crippen LogP) is 2.30. The van der Waals surface area contributed by atoms with E-state index in [1.165, 1.54) is 8.61 Å². The molecule has 0 radical (unpaired) electrons. The summed E-state index contributed by atoms with van der Waals surface area (Å²) >= 11 is 4.94. The summed E-state index contributed by atoms with van der Waals surface area (Å²) in [5, 5.41) is 0. The number of halogens is 1. The molecule has 2 unspecified atom stereocenters. The molecule has 2 atom stereocenters. The molecule has 1 aromatic rings. The fourth-order valence-corrected chi connectivity index (χ4v) is 5.37. The molecular weight excluding hydrogens is 364 g/mol. The van der Waals surface area contributed by atoms with Gasteiger partial charge >= 0.3 is 0 Å². The molecule has 0 amide bonds. The molecule has 2 heterocycles. The maximum Gasteiger partial charge on any atom is 0.282 e. The number of rotatable bonds is 4. The van der Waals surface area contributed by atoms with Gasteiger partial charge in [-0.15, -0.1) is 11.3 Å². The van der Waals surface area contributed by atoms with E-state index in [1.54, 1.807) is 18.4 Å². The Morgan fingerprint density at radius 3 is 2.50 bits per heavy atom. The van der Waals surface area contributed by atoms with Crippen molar-refractivity contribution in [2.75, 3.05) is 20.1 Å². The molecule has 114 valence electrons. The number of morpholine rings is 1. The summed E-state index contributed by atoms with van der Waals surface area (Å²) in [6.45, 7) is 5.00. The van der Waals surface area contributed by atoms with Gasteiger partial charge in [0.15, 0.2) is 0 Å². The van der Waals surface area contributed by atoms with Crippen LogP contribution in [0.15, 0.2) is 15.9 Å². The minimum absolute atomic E-state index is 0.0715. The Morgan fingerprint density at radius 2 is 2.00 bits per heavy atom. The van der Waals surface area contributed by atoms with Crippen molar-refractivity contribution >= 4 is 37.5 Å². The maximum absolute atomic E-state index is 12.6.